The van der Waals surface area contributed by atoms with Gasteiger partial charge in [0.1, 0.15) is 5.60 Å². The van der Waals surface area contributed by atoms with E-state index >= 15 is 0 Å². The Labute approximate surface area is 193 Å². The van der Waals surface area contributed by atoms with Gasteiger partial charge in [0.25, 0.3) is 0 Å². The van der Waals surface area contributed by atoms with Crippen molar-refractivity contribution in [2.24, 2.45) is 5.92 Å². The molecule has 1 saturated heterocycles. The minimum atomic E-state index is -3.58. The van der Waals surface area contributed by atoms with Crippen LogP contribution < -0.4 is 9.62 Å². The Kier molecular flexibility index (Phi) is 8.09. The predicted octanol–water partition coefficient (Wildman–Crippen LogP) is 4.38. The van der Waals surface area contributed by atoms with Crippen LogP contribution in [-0.4, -0.2) is 57.2 Å². The van der Waals surface area contributed by atoms with Gasteiger partial charge in [-0.25, -0.2) is 17.9 Å². The number of carbonyl (C=O) groups is 1. The van der Waals surface area contributed by atoms with Gasteiger partial charge in [-0.15, -0.1) is 0 Å². The molecule has 2 atom stereocenters. The molecule has 2 aliphatic rings. The van der Waals surface area contributed by atoms with Crippen LogP contribution in [0, 0.1) is 5.92 Å². The van der Waals surface area contributed by atoms with Crippen molar-refractivity contribution in [2.45, 2.75) is 82.8 Å². The molecule has 8 heteroatoms. The molecule has 1 aliphatic heterocycles. The molecule has 0 spiro atoms. The zero-order valence-corrected chi connectivity index (χ0v) is 20.8. The molecule has 1 N–H and O–H groups in total. The Morgan fingerprint density at radius 1 is 1.06 bits per heavy atom. The summed E-state index contributed by atoms with van der Waals surface area (Å²) in [5.41, 5.74) is 0.348. The van der Waals surface area contributed by atoms with Gasteiger partial charge in [-0.3, -0.25) is 0 Å². The average molecular weight is 466 g/mol. The van der Waals surface area contributed by atoms with Crippen LogP contribution in [0.15, 0.2) is 29.2 Å². The number of nitrogens with one attached hydrogen (secondary N) is 1. The first-order valence-electron chi connectivity index (χ1n) is 11.9. The maximum absolute atomic E-state index is 13.1. The summed E-state index contributed by atoms with van der Waals surface area (Å²) in [7, 11) is -3.58. The van der Waals surface area contributed by atoms with E-state index < -0.39 is 15.6 Å². The van der Waals surface area contributed by atoms with Crippen molar-refractivity contribution in [2.75, 3.05) is 31.1 Å². The van der Waals surface area contributed by atoms with Crippen LogP contribution in [0.2, 0.25) is 0 Å². The molecule has 2 fully saturated rings. The third-order valence-electron chi connectivity index (χ3n) is 6.18. The highest BCUT2D eigenvalue weighted by Crippen LogP contribution is 2.25. The lowest BCUT2D eigenvalue weighted by Gasteiger charge is -2.36. The minimum Gasteiger partial charge on any atom is -0.444 e. The first-order valence-corrected chi connectivity index (χ1v) is 13.4. The van der Waals surface area contributed by atoms with Gasteiger partial charge >= 0.3 is 6.09 Å². The molecule has 1 aromatic carbocycles. The maximum atomic E-state index is 13.1. The van der Waals surface area contributed by atoms with Crippen molar-refractivity contribution in [3.8, 4) is 0 Å². The Morgan fingerprint density at radius 2 is 1.75 bits per heavy atom. The third-order valence-corrected chi connectivity index (χ3v) is 7.70. The topological polar surface area (TPSA) is 79.0 Å². The molecule has 1 heterocycles. The summed E-state index contributed by atoms with van der Waals surface area (Å²) in [5.74, 6) is 0.538. The lowest BCUT2D eigenvalue weighted by Crippen LogP contribution is -2.50. The monoisotopic (exact) mass is 465 g/mol. The first-order chi connectivity index (χ1) is 15.0. The SMILES string of the molecule is CC1CCCCCC(NS(=O)(=O)c2cccc(N3CCN(C(=O)OC(C)(C)C)CC3)c2)C1. The highest BCUT2D eigenvalue weighted by atomic mass is 32.2. The van der Waals surface area contributed by atoms with Crippen molar-refractivity contribution in [1.82, 2.24) is 9.62 Å². The van der Waals surface area contributed by atoms with Crippen molar-refractivity contribution in [3.05, 3.63) is 24.3 Å². The van der Waals surface area contributed by atoms with Gasteiger partial charge in [0, 0.05) is 37.9 Å². The predicted molar refractivity (Wildman–Crippen MR) is 127 cm³/mol. The van der Waals surface area contributed by atoms with Crippen LogP contribution >= 0.6 is 0 Å². The molecule has 1 aromatic rings. The van der Waals surface area contributed by atoms with Crippen LogP contribution in [-0.2, 0) is 14.8 Å². The minimum absolute atomic E-state index is 0.00340. The number of sulfonamides is 1. The normalized spacial score (nSPS) is 23.4. The van der Waals surface area contributed by atoms with Crippen molar-refractivity contribution in [3.63, 3.8) is 0 Å². The fourth-order valence-electron chi connectivity index (χ4n) is 4.50. The molecule has 0 aromatic heterocycles. The van der Waals surface area contributed by atoms with E-state index in [4.69, 9.17) is 4.74 Å². The summed E-state index contributed by atoms with van der Waals surface area (Å²) in [6.45, 7) is 10.2. The van der Waals surface area contributed by atoms with Crippen LogP contribution in [0.25, 0.3) is 0 Å². The molecule has 1 saturated carbocycles. The largest absolute Gasteiger partial charge is 0.444 e. The van der Waals surface area contributed by atoms with E-state index in [1.54, 1.807) is 23.1 Å². The van der Waals surface area contributed by atoms with E-state index in [9.17, 15) is 13.2 Å². The number of rotatable bonds is 4. The summed E-state index contributed by atoms with van der Waals surface area (Å²) < 4.78 is 34.7. The third kappa shape index (κ3) is 7.10. The molecule has 180 valence electrons. The molecule has 0 bridgehead atoms. The summed E-state index contributed by atoms with van der Waals surface area (Å²) in [5, 5.41) is 0. The van der Waals surface area contributed by atoms with Gasteiger partial charge in [-0.2, -0.15) is 0 Å². The quantitative estimate of drug-likeness (QED) is 0.714. The van der Waals surface area contributed by atoms with Crippen molar-refractivity contribution < 1.29 is 17.9 Å². The van der Waals surface area contributed by atoms with Crippen molar-refractivity contribution in [1.29, 1.82) is 0 Å². The van der Waals surface area contributed by atoms with E-state index in [0.29, 0.717) is 37.0 Å². The molecule has 2 unspecified atom stereocenters. The summed E-state index contributed by atoms with van der Waals surface area (Å²) in [6, 6.07) is 7.13. The Balaban J connectivity index is 1.63. The second kappa shape index (κ2) is 10.4. The summed E-state index contributed by atoms with van der Waals surface area (Å²) >= 11 is 0. The van der Waals surface area contributed by atoms with E-state index in [-0.39, 0.29) is 12.1 Å². The zero-order chi connectivity index (χ0) is 23.4. The van der Waals surface area contributed by atoms with Gasteiger partial charge < -0.3 is 14.5 Å². The molecule has 0 radical (unpaired) electrons. The lowest BCUT2D eigenvalue weighted by molar-refractivity contribution is 0.0240. The number of carbonyl (C=O) groups excluding carboxylic acids is 1. The summed E-state index contributed by atoms with van der Waals surface area (Å²) in [6.07, 6.45) is 6.15. The Bertz CT molecular complexity index is 873. The fraction of sp³-hybridized carbons (Fsp3) is 0.708. The zero-order valence-electron chi connectivity index (χ0n) is 20.0. The smallest absolute Gasteiger partial charge is 0.410 e. The van der Waals surface area contributed by atoms with Crippen LogP contribution in [0.1, 0.15) is 66.2 Å². The average Bonchev–Trinajstić information content (AvgIpc) is 2.70. The van der Waals surface area contributed by atoms with E-state index in [1.165, 1.54) is 19.3 Å². The number of piperazine rings is 1. The van der Waals surface area contributed by atoms with E-state index in [0.717, 1.165) is 24.9 Å². The van der Waals surface area contributed by atoms with Gasteiger partial charge in [0.05, 0.1) is 4.90 Å². The lowest BCUT2D eigenvalue weighted by atomic mass is 9.90. The molecular formula is C24H39N3O4S. The standard InChI is InChI=1S/C24H39N3O4S/c1-19-9-6-5-7-10-20(17-19)25-32(29,30)22-12-8-11-21(18-22)26-13-15-27(16-14-26)23(28)31-24(2,3)4/h8,11-12,18-20,25H,5-7,9-10,13-17H2,1-4H3. The van der Waals surface area contributed by atoms with Gasteiger partial charge in [0.2, 0.25) is 10.0 Å². The Morgan fingerprint density at radius 3 is 2.44 bits per heavy atom. The van der Waals surface area contributed by atoms with Gasteiger partial charge in [0.15, 0.2) is 0 Å². The van der Waals surface area contributed by atoms with Gasteiger partial charge in [-0.1, -0.05) is 38.7 Å². The molecule has 1 aliphatic carbocycles. The molecule has 7 nitrogen and oxygen atoms in total. The van der Waals surface area contributed by atoms with Gasteiger partial charge in [-0.05, 0) is 57.7 Å². The number of ether oxygens (including phenoxy) is 1. The first kappa shape index (κ1) is 24.8. The highest BCUT2D eigenvalue weighted by molar-refractivity contribution is 7.89. The number of hydrogen-bond acceptors (Lipinski definition) is 5. The van der Waals surface area contributed by atoms with Crippen LogP contribution in [0.3, 0.4) is 0 Å². The van der Waals surface area contributed by atoms with E-state index in [2.05, 4.69) is 16.5 Å². The number of hydrogen-bond donors (Lipinski definition) is 1. The second-order valence-corrected chi connectivity index (χ2v) is 12.0. The second-order valence-electron chi connectivity index (χ2n) is 10.2. The number of benzene rings is 1. The number of anilines is 1. The van der Waals surface area contributed by atoms with Crippen LogP contribution in [0.4, 0.5) is 10.5 Å². The Hall–Kier alpha value is -1.80. The maximum Gasteiger partial charge on any atom is 0.410 e. The number of amides is 1. The molecule has 32 heavy (non-hydrogen) atoms. The number of nitrogens with zero attached hydrogens (tertiary/aromatic N) is 2. The summed E-state index contributed by atoms with van der Waals surface area (Å²) in [4.78, 5) is 16.4. The molecular weight excluding hydrogens is 426 g/mol. The van der Waals surface area contributed by atoms with E-state index in [1.807, 2.05) is 26.8 Å². The van der Waals surface area contributed by atoms with Crippen LogP contribution in [0.5, 0.6) is 0 Å². The fourth-order valence-corrected chi connectivity index (χ4v) is 5.82. The molecule has 3 rings (SSSR count). The molecule has 1 amide bonds. The highest BCUT2D eigenvalue weighted by Gasteiger charge is 2.27. The van der Waals surface area contributed by atoms with Crippen molar-refractivity contribution >= 4 is 21.8 Å².